The van der Waals surface area contributed by atoms with Crippen LogP contribution in [0.25, 0.3) is 0 Å². The topological polar surface area (TPSA) is 42.2 Å². The molecule has 1 aromatic heterocycles. The third kappa shape index (κ3) is 2.77. The average molecular weight is 225 g/mol. The van der Waals surface area contributed by atoms with Gasteiger partial charge in [-0.15, -0.1) is 11.3 Å². The van der Waals surface area contributed by atoms with Gasteiger partial charge in [-0.05, 0) is 26.9 Å². The van der Waals surface area contributed by atoms with E-state index in [4.69, 9.17) is 10.7 Å². The summed E-state index contributed by atoms with van der Waals surface area (Å²) in [4.78, 5) is 8.23. The van der Waals surface area contributed by atoms with Crippen molar-refractivity contribution >= 4 is 11.3 Å². The van der Waals surface area contributed by atoms with Crippen LogP contribution in [0.4, 0.5) is 0 Å². The second kappa shape index (κ2) is 4.60. The zero-order chi connectivity index (χ0) is 10.8. The highest BCUT2D eigenvalue weighted by atomic mass is 32.1. The van der Waals surface area contributed by atoms with Gasteiger partial charge in [0.1, 0.15) is 0 Å². The molecule has 1 aliphatic rings. The summed E-state index contributed by atoms with van der Waals surface area (Å²) in [6, 6.07) is 0. The Morgan fingerprint density at radius 3 is 2.73 bits per heavy atom. The van der Waals surface area contributed by atoms with E-state index >= 15 is 0 Å². The third-order valence-corrected chi connectivity index (χ3v) is 3.85. The highest BCUT2D eigenvalue weighted by Crippen LogP contribution is 2.42. The minimum atomic E-state index is 0.658. The highest BCUT2D eigenvalue weighted by molar-refractivity contribution is 7.11. The van der Waals surface area contributed by atoms with Crippen LogP contribution >= 0.6 is 11.3 Å². The van der Waals surface area contributed by atoms with Crippen molar-refractivity contribution in [1.29, 1.82) is 0 Å². The molecule has 84 valence electrons. The summed E-state index contributed by atoms with van der Waals surface area (Å²) < 4.78 is 0. The maximum Gasteiger partial charge on any atom is 0.0944 e. The summed E-state index contributed by atoms with van der Waals surface area (Å²) in [6.07, 6.45) is 3.67. The minimum absolute atomic E-state index is 0.658. The van der Waals surface area contributed by atoms with Gasteiger partial charge < -0.3 is 10.6 Å². The van der Waals surface area contributed by atoms with Gasteiger partial charge in [0.05, 0.1) is 10.7 Å². The van der Waals surface area contributed by atoms with Gasteiger partial charge in [0.25, 0.3) is 0 Å². The molecule has 2 N–H and O–H groups in total. The van der Waals surface area contributed by atoms with E-state index in [1.54, 1.807) is 0 Å². The van der Waals surface area contributed by atoms with Crippen LogP contribution in [0.1, 0.15) is 34.3 Å². The molecule has 1 heterocycles. The fourth-order valence-electron chi connectivity index (χ4n) is 1.66. The number of nitrogens with zero attached hydrogens (tertiary/aromatic N) is 2. The Kier molecular flexibility index (Phi) is 3.38. The maximum atomic E-state index is 5.75. The van der Waals surface area contributed by atoms with E-state index in [0.29, 0.717) is 6.54 Å². The Balaban J connectivity index is 2.05. The Hall–Kier alpha value is -0.450. The van der Waals surface area contributed by atoms with E-state index in [1.165, 1.54) is 28.4 Å². The van der Waals surface area contributed by atoms with E-state index in [2.05, 4.69) is 19.0 Å². The van der Waals surface area contributed by atoms with Crippen LogP contribution in [0.15, 0.2) is 0 Å². The predicted octanol–water partition coefficient (Wildman–Crippen LogP) is 1.58. The predicted molar refractivity (Wildman–Crippen MR) is 64.2 cm³/mol. The highest BCUT2D eigenvalue weighted by Gasteiger charge is 2.28. The Morgan fingerprint density at radius 2 is 2.20 bits per heavy atom. The van der Waals surface area contributed by atoms with Crippen molar-refractivity contribution < 1.29 is 0 Å². The van der Waals surface area contributed by atoms with Gasteiger partial charge in [0.2, 0.25) is 0 Å². The van der Waals surface area contributed by atoms with Crippen LogP contribution in [0, 0.1) is 0 Å². The van der Waals surface area contributed by atoms with Gasteiger partial charge in [-0.2, -0.15) is 0 Å². The van der Waals surface area contributed by atoms with E-state index in [-0.39, 0.29) is 0 Å². The quantitative estimate of drug-likeness (QED) is 0.827. The van der Waals surface area contributed by atoms with E-state index in [9.17, 15) is 0 Å². The normalized spacial score (nSPS) is 16.3. The lowest BCUT2D eigenvalue weighted by Crippen LogP contribution is -2.14. The van der Waals surface area contributed by atoms with Crippen molar-refractivity contribution in [2.24, 2.45) is 5.73 Å². The minimum Gasteiger partial charge on any atom is -0.326 e. The van der Waals surface area contributed by atoms with Crippen molar-refractivity contribution in [2.45, 2.75) is 31.7 Å². The monoisotopic (exact) mass is 225 g/mol. The first-order chi connectivity index (χ1) is 7.20. The summed E-state index contributed by atoms with van der Waals surface area (Å²) in [5.41, 5.74) is 7.05. The van der Waals surface area contributed by atoms with Crippen LogP contribution in [-0.2, 0) is 13.0 Å². The maximum absolute atomic E-state index is 5.75. The third-order valence-electron chi connectivity index (χ3n) is 2.69. The molecule has 0 saturated heterocycles. The molecule has 3 nitrogen and oxygen atoms in total. The molecule has 1 aromatic rings. The molecule has 0 spiro atoms. The SMILES string of the molecule is CN(C)CCc1nc(C2CC2)c(CN)s1. The Bertz CT molecular complexity index is 329. The number of hydrogen-bond donors (Lipinski definition) is 1. The van der Waals surface area contributed by atoms with Crippen LogP contribution in [0.5, 0.6) is 0 Å². The summed E-state index contributed by atoms with van der Waals surface area (Å²) in [5, 5.41) is 1.26. The molecule has 0 aromatic carbocycles. The number of aromatic nitrogens is 1. The lowest BCUT2D eigenvalue weighted by molar-refractivity contribution is 0.413. The van der Waals surface area contributed by atoms with Gasteiger partial charge in [0.15, 0.2) is 0 Å². The zero-order valence-corrected chi connectivity index (χ0v) is 10.3. The van der Waals surface area contributed by atoms with Gasteiger partial charge in [-0.1, -0.05) is 0 Å². The molecule has 1 saturated carbocycles. The van der Waals surface area contributed by atoms with Crippen LogP contribution in [0.3, 0.4) is 0 Å². The molecular formula is C11H19N3S. The molecule has 0 unspecified atom stereocenters. The largest absolute Gasteiger partial charge is 0.326 e. The molecular weight excluding hydrogens is 206 g/mol. The number of hydrogen-bond acceptors (Lipinski definition) is 4. The molecule has 2 rings (SSSR count). The van der Waals surface area contributed by atoms with E-state index in [1.807, 2.05) is 11.3 Å². The lowest BCUT2D eigenvalue weighted by atomic mass is 10.2. The molecule has 0 bridgehead atoms. The first-order valence-corrected chi connectivity index (χ1v) is 6.35. The van der Waals surface area contributed by atoms with Crippen molar-refractivity contribution in [1.82, 2.24) is 9.88 Å². The fourth-order valence-corrected chi connectivity index (χ4v) is 2.68. The number of nitrogens with two attached hydrogens (primary N) is 1. The Morgan fingerprint density at radius 1 is 1.47 bits per heavy atom. The lowest BCUT2D eigenvalue weighted by Gasteiger charge is -2.06. The summed E-state index contributed by atoms with van der Waals surface area (Å²) >= 11 is 1.81. The molecule has 1 fully saturated rings. The Labute approximate surface area is 95.3 Å². The van der Waals surface area contributed by atoms with Crippen molar-refractivity contribution in [3.8, 4) is 0 Å². The number of rotatable bonds is 5. The summed E-state index contributed by atoms with van der Waals surface area (Å²) in [5.74, 6) is 0.730. The van der Waals surface area contributed by atoms with Crippen molar-refractivity contribution in [2.75, 3.05) is 20.6 Å². The van der Waals surface area contributed by atoms with Crippen LogP contribution in [0.2, 0.25) is 0 Å². The van der Waals surface area contributed by atoms with Crippen LogP contribution < -0.4 is 5.73 Å². The van der Waals surface area contributed by atoms with Gasteiger partial charge in [-0.3, -0.25) is 0 Å². The number of thiazole rings is 1. The molecule has 4 heteroatoms. The van der Waals surface area contributed by atoms with E-state index in [0.717, 1.165) is 18.9 Å². The first-order valence-electron chi connectivity index (χ1n) is 5.54. The van der Waals surface area contributed by atoms with Crippen molar-refractivity contribution in [3.05, 3.63) is 15.6 Å². The second-order valence-corrected chi connectivity index (χ2v) is 5.62. The molecule has 1 aliphatic carbocycles. The molecule has 0 aliphatic heterocycles. The summed E-state index contributed by atoms with van der Waals surface area (Å²) in [7, 11) is 4.19. The average Bonchev–Trinajstić information content (AvgIpc) is 2.96. The van der Waals surface area contributed by atoms with Crippen LogP contribution in [-0.4, -0.2) is 30.5 Å². The van der Waals surface area contributed by atoms with E-state index < -0.39 is 0 Å². The second-order valence-electron chi connectivity index (χ2n) is 4.45. The van der Waals surface area contributed by atoms with Crippen molar-refractivity contribution in [3.63, 3.8) is 0 Å². The molecule has 15 heavy (non-hydrogen) atoms. The standard InChI is InChI=1S/C11H19N3S/c1-14(2)6-5-10-13-11(8-3-4-8)9(7-12)15-10/h8H,3-7,12H2,1-2H3. The van der Waals surface area contributed by atoms with Gasteiger partial charge in [0, 0.05) is 30.3 Å². The molecule has 0 amide bonds. The first kappa shape index (κ1) is 11.0. The smallest absolute Gasteiger partial charge is 0.0944 e. The summed E-state index contributed by atoms with van der Waals surface area (Å²) in [6.45, 7) is 1.73. The molecule has 0 atom stereocenters. The number of likely N-dealkylation sites (N-methyl/N-ethyl adjacent to an activating group) is 1. The molecule has 0 radical (unpaired) electrons. The zero-order valence-electron chi connectivity index (χ0n) is 9.49. The van der Waals surface area contributed by atoms with Gasteiger partial charge in [-0.25, -0.2) is 4.98 Å². The van der Waals surface area contributed by atoms with Gasteiger partial charge >= 0.3 is 0 Å². The fraction of sp³-hybridized carbons (Fsp3) is 0.727.